The lowest BCUT2D eigenvalue weighted by molar-refractivity contribution is -0.141. The van der Waals surface area contributed by atoms with Gasteiger partial charge in [0.1, 0.15) is 5.69 Å². The molecule has 0 unspecified atom stereocenters. The van der Waals surface area contributed by atoms with Gasteiger partial charge in [0.2, 0.25) is 15.9 Å². The first kappa shape index (κ1) is 25.2. The van der Waals surface area contributed by atoms with Crippen molar-refractivity contribution in [2.75, 3.05) is 15.9 Å². The van der Waals surface area contributed by atoms with E-state index in [1.54, 1.807) is 24.3 Å². The molecule has 0 bridgehead atoms. The largest absolute Gasteiger partial charge is 0.433 e. The number of carbonyl (C=O) groups is 1. The number of pyridine rings is 1. The summed E-state index contributed by atoms with van der Waals surface area (Å²) in [5, 5.41) is 2.65. The predicted octanol–water partition coefficient (Wildman–Crippen LogP) is 4.86. The highest BCUT2D eigenvalue weighted by molar-refractivity contribution is 7.92. The van der Waals surface area contributed by atoms with E-state index in [0.717, 1.165) is 35.2 Å². The third-order valence-electron chi connectivity index (χ3n) is 4.93. The number of benzene rings is 2. The molecule has 0 saturated heterocycles. The fourth-order valence-corrected chi connectivity index (χ4v) is 4.41. The van der Waals surface area contributed by atoms with E-state index in [-0.39, 0.29) is 13.0 Å². The molecule has 0 spiro atoms. The van der Waals surface area contributed by atoms with E-state index in [0.29, 0.717) is 16.9 Å². The predicted molar refractivity (Wildman–Crippen MR) is 125 cm³/mol. The number of aromatic nitrogens is 1. The van der Waals surface area contributed by atoms with Crippen molar-refractivity contribution in [3.05, 3.63) is 88.7 Å². The van der Waals surface area contributed by atoms with Crippen LogP contribution in [0, 0.1) is 13.8 Å². The molecule has 0 aliphatic carbocycles. The van der Waals surface area contributed by atoms with Gasteiger partial charge in [-0.1, -0.05) is 35.4 Å². The first-order valence-corrected chi connectivity index (χ1v) is 12.1. The van der Waals surface area contributed by atoms with Gasteiger partial charge in [-0.15, -0.1) is 0 Å². The van der Waals surface area contributed by atoms with Crippen LogP contribution in [0.15, 0.2) is 60.8 Å². The van der Waals surface area contributed by atoms with E-state index in [9.17, 15) is 26.4 Å². The number of sulfonamides is 1. The highest BCUT2D eigenvalue weighted by Crippen LogP contribution is 2.27. The minimum Gasteiger partial charge on any atom is -0.326 e. The second-order valence-electron chi connectivity index (χ2n) is 8.09. The molecular weight excluding hydrogens is 467 g/mol. The number of amides is 1. The number of anilines is 2. The zero-order valence-corrected chi connectivity index (χ0v) is 19.7. The summed E-state index contributed by atoms with van der Waals surface area (Å²) >= 11 is 0. The van der Waals surface area contributed by atoms with Gasteiger partial charge in [0, 0.05) is 11.9 Å². The molecule has 3 rings (SSSR count). The van der Waals surface area contributed by atoms with Gasteiger partial charge in [-0.2, -0.15) is 13.2 Å². The summed E-state index contributed by atoms with van der Waals surface area (Å²) in [5.41, 5.74) is 3.09. The van der Waals surface area contributed by atoms with Crippen LogP contribution in [0.25, 0.3) is 0 Å². The van der Waals surface area contributed by atoms with Gasteiger partial charge in [0.05, 0.1) is 24.9 Å². The molecule has 0 aliphatic rings. The van der Waals surface area contributed by atoms with E-state index in [2.05, 4.69) is 10.3 Å². The first-order valence-electron chi connectivity index (χ1n) is 10.3. The minimum atomic E-state index is -4.54. The summed E-state index contributed by atoms with van der Waals surface area (Å²) in [4.78, 5) is 15.6. The Morgan fingerprint density at radius 1 is 0.971 bits per heavy atom. The maximum atomic E-state index is 12.6. The van der Waals surface area contributed by atoms with Gasteiger partial charge in [0.25, 0.3) is 0 Å². The highest BCUT2D eigenvalue weighted by Gasteiger charge is 2.32. The van der Waals surface area contributed by atoms with Crippen LogP contribution < -0.4 is 9.62 Å². The lowest BCUT2D eigenvalue weighted by Gasteiger charge is -2.23. The number of rotatable bonds is 7. The highest BCUT2D eigenvalue weighted by atomic mass is 32.2. The van der Waals surface area contributed by atoms with E-state index >= 15 is 0 Å². The Labute approximate surface area is 196 Å². The fraction of sp³-hybridized carbons (Fsp3) is 0.250. The Morgan fingerprint density at radius 2 is 1.59 bits per heavy atom. The molecule has 6 nitrogen and oxygen atoms in total. The maximum Gasteiger partial charge on any atom is 0.433 e. The summed E-state index contributed by atoms with van der Waals surface area (Å²) in [7, 11) is -3.57. The molecular formula is C24H24F3N3O3S. The second kappa shape index (κ2) is 9.84. The lowest BCUT2D eigenvalue weighted by Crippen LogP contribution is -2.29. The van der Waals surface area contributed by atoms with Crippen LogP contribution in [0.5, 0.6) is 0 Å². The molecule has 0 saturated carbocycles. The van der Waals surface area contributed by atoms with Gasteiger partial charge in [-0.05, 0) is 55.3 Å². The van der Waals surface area contributed by atoms with Crippen LogP contribution in [0.4, 0.5) is 24.5 Å². The van der Waals surface area contributed by atoms with Crippen molar-refractivity contribution >= 4 is 27.3 Å². The molecule has 1 heterocycles. The standard InChI is InChI=1S/C24H24F3N3O3S/c1-16-10-17(2)12-19(11-16)15-30(34(3,32)33)21-7-5-20(6-8-21)29-23(31)13-18-4-9-22(28-14-18)24(25,26)27/h4-12,14H,13,15H2,1-3H3,(H,29,31). The van der Waals surface area contributed by atoms with Crippen molar-refractivity contribution in [2.45, 2.75) is 33.0 Å². The molecule has 1 aromatic heterocycles. The molecule has 34 heavy (non-hydrogen) atoms. The Balaban J connectivity index is 1.70. The second-order valence-corrected chi connectivity index (χ2v) is 9.99. The zero-order chi connectivity index (χ0) is 25.1. The smallest absolute Gasteiger partial charge is 0.326 e. The molecule has 0 atom stereocenters. The average Bonchev–Trinajstić information content (AvgIpc) is 2.71. The maximum absolute atomic E-state index is 12.6. The van der Waals surface area contributed by atoms with Crippen molar-refractivity contribution in [1.82, 2.24) is 4.98 Å². The molecule has 0 fully saturated rings. The Kier molecular flexibility index (Phi) is 7.30. The van der Waals surface area contributed by atoms with Crippen LogP contribution in [0.1, 0.15) is 27.9 Å². The average molecular weight is 492 g/mol. The summed E-state index contributed by atoms with van der Waals surface area (Å²) in [5.74, 6) is -0.440. The summed E-state index contributed by atoms with van der Waals surface area (Å²) in [6.07, 6.45) is -2.55. The number of alkyl halides is 3. The molecule has 0 radical (unpaired) electrons. The lowest BCUT2D eigenvalue weighted by atomic mass is 10.1. The van der Waals surface area contributed by atoms with Gasteiger partial charge >= 0.3 is 6.18 Å². The van der Waals surface area contributed by atoms with Gasteiger partial charge in [-0.3, -0.25) is 14.1 Å². The number of nitrogens with zero attached hydrogens (tertiary/aromatic N) is 2. The van der Waals surface area contributed by atoms with Gasteiger partial charge in [-0.25, -0.2) is 8.42 Å². The topological polar surface area (TPSA) is 79.4 Å². The van der Waals surface area contributed by atoms with Crippen molar-refractivity contribution in [3.8, 4) is 0 Å². The van der Waals surface area contributed by atoms with Crippen LogP contribution in [0.2, 0.25) is 0 Å². The van der Waals surface area contributed by atoms with Crippen LogP contribution in [-0.4, -0.2) is 25.6 Å². The Hall–Kier alpha value is -3.40. The first-order chi connectivity index (χ1) is 15.8. The molecule has 1 amide bonds. The fourth-order valence-electron chi connectivity index (χ4n) is 3.52. The number of aryl methyl sites for hydroxylation is 2. The zero-order valence-electron chi connectivity index (χ0n) is 18.8. The van der Waals surface area contributed by atoms with Crippen molar-refractivity contribution in [1.29, 1.82) is 0 Å². The summed E-state index contributed by atoms with van der Waals surface area (Å²) in [6.45, 7) is 4.05. The third kappa shape index (κ3) is 6.80. The van der Waals surface area contributed by atoms with Crippen molar-refractivity contribution in [2.24, 2.45) is 0 Å². The van der Waals surface area contributed by atoms with Gasteiger partial charge in [0.15, 0.2) is 0 Å². The summed E-state index contributed by atoms with van der Waals surface area (Å²) < 4.78 is 64.0. The number of nitrogens with one attached hydrogen (secondary N) is 1. The third-order valence-corrected chi connectivity index (χ3v) is 6.07. The normalized spacial score (nSPS) is 11.8. The quantitative estimate of drug-likeness (QED) is 0.512. The number of hydrogen-bond acceptors (Lipinski definition) is 4. The molecule has 0 aliphatic heterocycles. The van der Waals surface area contributed by atoms with Crippen LogP contribution in [-0.2, 0) is 34.0 Å². The monoisotopic (exact) mass is 491 g/mol. The van der Waals surface area contributed by atoms with E-state index < -0.39 is 27.8 Å². The number of halogens is 3. The van der Waals surface area contributed by atoms with Crippen LogP contribution in [0.3, 0.4) is 0 Å². The van der Waals surface area contributed by atoms with E-state index in [1.807, 2.05) is 32.0 Å². The SMILES string of the molecule is Cc1cc(C)cc(CN(c2ccc(NC(=O)Cc3ccc(C(F)(F)F)nc3)cc2)S(C)(=O)=O)c1. The molecule has 3 aromatic rings. The number of carbonyl (C=O) groups excluding carboxylic acids is 1. The number of hydrogen-bond donors (Lipinski definition) is 1. The van der Waals surface area contributed by atoms with E-state index in [4.69, 9.17) is 0 Å². The van der Waals surface area contributed by atoms with Crippen LogP contribution >= 0.6 is 0 Å². The summed E-state index contributed by atoms with van der Waals surface area (Å²) in [6, 6.07) is 14.2. The van der Waals surface area contributed by atoms with Crippen molar-refractivity contribution < 1.29 is 26.4 Å². The van der Waals surface area contributed by atoms with Gasteiger partial charge < -0.3 is 5.32 Å². The molecule has 10 heteroatoms. The molecule has 1 N–H and O–H groups in total. The Bertz CT molecular complexity index is 1250. The van der Waals surface area contributed by atoms with E-state index in [1.165, 1.54) is 10.4 Å². The molecule has 2 aromatic carbocycles. The molecule has 180 valence electrons. The minimum absolute atomic E-state index is 0.158. The Morgan fingerprint density at radius 3 is 2.09 bits per heavy atom. The van der Waals surface area contributed by atoms with Crippen molar-refractivity contribution in [3.63, 3.8) is 0 Å².